The summed E-state index contributed by atoms with van der Waals surface area (Å²) >= 11 is 0. The summed E-state index contributed by atoms with van der Waals surface area (Å²) in [6.45, 7) is 2.28. The van der Waals surface area contributed by atoms with Crippen LogP contribution in [0.4, 0.5) is 0 Å². The van der Waals surface area contributed by atoms with Crippen LogP contribution in [0.15, 0.2) is 0 Å². The van der Waals surface area contributed by atoms with Crippen molar-refractivity contribution in [3.05, 3.63) is 0 Å². The minimum absolute atomic E-state index is 0. The van der Waals surface area contributed by atoms with Gasteiger partial charge in [0.2, 0.25) is 0 Å². The van der Waals surface area contributed by atoms with E-state index >= 15 is 0 Å². The zero-order valence-electron chi connectivity index (χ0n) is 7.44. The lowest BCUT2D eigenvalue weighted by atomic mass is 10.00. The van der Waals surface area contributed by atoms with Gasteiger partial charge in [-0.05, 0) is 31.1 Å². The van der Waals surface area contributed by atoms with Crippen LogP contribution in [0.2, 0.25) is 0 Å². The molecular weight excluding hydrogens is 175 g/mol. The van der Waals surface area contributed by atoms with Crippen molar-refractivity contribution in [3.63, 3.8) is 0 Å². The largest absolute Gasteiger partial charge is 0.147 e. The molecule has 0 N–H and O–H groups in total. The molecule has 0 aromatic heterocycles. The van der Waals surface area contributed by atoms with Crippen LogP contribution in [0, 0.1) is 0 Å². The van der Waals surface area contributed by atoms with E-state index in [0.29, 0.717) is 0 Å². The molecule has 1 rings (SSSR count). The number of unbranched alkanes of at least 4 members (excludes halogenated alkanes) is 2. The third kappa shape index (κ3) is 5.04. The van der Waals surface area contributed by atoms with Crippen molar-refractivity contribution in [2.24, 2.45) is 0 Å². The predicted octanol–water partition coefficient (Wildman–Crippen LogP) is 3.83. The summed E-state index contributed by atoms with van der Waals surface area (Å²) in [6.07, 6.45) is 10.5. The summed E-state index contributed by atoms with van der Waals surface area (Å²) in [5, 5.41) is 0. The normalized spacial score (nSPS) is 18.3. The monoisotopic (exact) mass is 194 g/mol. The first-order valence-corrected chi connectivity index (χ1v) is 5.95. The van der Waals surface area contributed by atoms with Gasteiger partial charge in [0.15, 0.2) is 0 Å². The third-order valence-corrected chi connectivity index (χ3v) is 4.12. The fourth-order valence-corrected chi connectivity index (χ4v) is 2.97. The molecular formula is C9H20ClP. The Kier molecular flexibility index (Phi) is 7.86. The van der Waals surface area contributed by atoms with Crippen LogP contribution in [0.25, 0.3) is 0 Å². The lowest BCUT2D eigenvalue weighted by Crippen LogP contribution is -2.11. The Bertz CT molecular complexity index is 81.6. The first-order chi connectivity index (χ1) is 4.93. The van der Waals surface area contributed by atoms with E-state index in [0.717, 1.165) is 5.66 Å². The molecule has 68 valence electrons. The molecule has 1 saturated carbocycles. The SMILES string of the molecule is CCCCCPC1CCC1.Cl. The predicted molar refractivity (Wildman–Crippen MR) is 57.6 cm³/mol. The quantitative estimate of drug-likeness (QED) is 0.461. The lowest BCUT2D eigenvalue weighted by molar-refractivity contribution is 0.517. The van der Waals surface area contributed by atoms with Gasteiger partial charge in [0, 0.05) is 0 Å². The van der Waals surface area contributed by atoms with Crippen LogP contribution in [-0.2, 0) is 0 Å². The summed E-state index contributed by atoms with van der Waals surface area (Å²) in [5.74, 6) is 0. The fraction of sp³-hybridized carbons (Fsp3) is 1.00. The van der Waals surface area contributed by atoms with Gasteiger partial charge in [0.1, 0.15) is 0 Å². The number of halogens is 1. The molecule has 0 aliphatic heterocycles. The van der Waals surface area contributed by atoms with Gasteiger partial charge in [0.05, 0.1) is 0 Å². The van der Waals surface area contributed by atoms with E-state index in [-0.39, 0.29) is 12.4 Å². The van der Waals surface area contributed by atoms with Crippen LogP contribution in [-0.4, -0.2) is 11.8 Å². The third-order valence-electron chi connectivity index (χ3n) is 2.32. The zero-order valence-corrected chi connectivity index (χ0v) is 9.25. The number of hydrogen-bond donors (Lipinski definition) is 0. The molecule has 0 nitrogen and oxygen atoms in total. The van der Waals surface area contributed by atoms with Gasteiger partial charge < -0.3 is 0 Å². The van der Waals surface area contributed by atoms with Crippen molar-refractivity contribution >= 4 is 21.0 Å². The van der Waals surface area contributed by atoms with Crippen molar-refractivity contribution in [3.8, 4) is 0 Å². The van der Waals surface area contributed by atoms with Crippen LogP contribution in [0.1, 0.15) is 45.4 Å². The first kappa shape index (κ1) is 11.7. The second-order valence-electron chi connectivity index (χ2n) is 3.29. The molecule has 0 spiro atoms. The van der Waals surface area contributed by atoms with Gasteiger partial charge >= 0.3 is 0 Å². The Morgan fingerprint density at radius 2 is 2.00 bits per heavy atom. The summed E-state index contributed by atoms with van der Waals surface area (Å²) in [4.78, 5) is 0. The van der Waals surface area contributed by atoms with E-state index in [4.69, 9.17) is 0 Å². The van der Waals surface area contributed by atoms with E-state index in [2.05, 4.69) is 6.92 Å². The van der Waals surface area contributed by atoms with E-state index in [9.17, 15) is 0 Å². The lowest BCUT2D eigenvalue weighted by Gasteiger charge is -2.24. The molecule has 0 radical (unpaired) electrons. The van der Waals surface area contributed by atoms with Crippen molar-refractivity contribution in [2.45, 2.75) is 51.1 Å². The molecule has 0 heterocycles. The molecule has 0 bridgehead atoms. The minimum Gasteiger partial charge on any atom is -0.147 e. The standard InChI is InChI=1S/C9H19P.ClH/c1-2-3-4-8-10-9-6-5-7-9;/h9-10H,2-8H2,1H3;1H. The average Bonchev–Trinajstić information content (AvgIpc) is 1.84. The highest BCUT2D eigenvalue weighted by Crippen LogP contribution is 2.36. The number of hydrogen-bond acceptors (Lipinski definition) is 0. The zero-order chi connectivity index (χ0) is 7.23. The second-order valence-corrected chi connectivity index (χ2v) is 5.01. The van der Waals surface area contributed by atoms with E-state index < -0.39 is 0 Å². The van der Waals surface area contributed by atoms with E-state index in [1.807, 2.05) is 0 Å². The van der Waals surface area contributed by atoms with Gasteiger partial charge in [-0.25, -0.2) is 0 Å². The molecule has 0 aromatic carbocycles. The van der Waals surface area contributed by atoms with E-state index in [1.54, 1.807) is 12.8 Å². The van der Waals surface area contributed by atoms with Gasteiger partial charge in [-0.3, -0.25) is 0 Å². The van der Waals surface area contributed by atoms with Crippen LogP contribution < -0.4 is 0 Å². The molecule has 1 unspecified atom stereocenters. The topological polar surface area (TPSA) is 0 Å². The Labute approximate surface area is 78.7 Å². The molecule has 1 fully saturated rings. The highest BCUT2D eigenvalue weighted by Gasteiger charge is 2.15. The molecule has 0 aromatic rings. The maximum absolute atomic E-state index is 2.28. The van der Waals surface area contributed by atoms with Gasteiger partial charge in [-0.2, -0.15) is 0 Å². The van der Waals surface area contributed by atoms with Crippen molar-refractivity contribution in [1.29, 1.82) is 0 Å². The summed E-state index contributed by atoms with van der Waals surface area (Å²) < 4.78 is 0. The summed E-state index contributed by atoms with van der Waals surface area (Å²) in [7, 11) is 1.30. The van der Waals surface area contributed by atoms with Crippen LogP contribution in [0.5, 0.6) is 0 Å². The average molecular weight is 195 g/mol. The van der Waals surface area contributed by atoms with Crippen LogP contribution in [0.3, 0.4) is 0 Å². The molecule has 2 heteroatoms. The Morgan fingerprint density at radius 3 is 2.45 bits per heavy atom. The van der Waals surface area contributed by atoms with Gasteiger partial charge in [-0.15, -0.1) is 21.0 Å². The fourth-order valence-electron chi connectivity index (χ4n) is 1.29. The molecule has 1 atom stereocenters. The molecule has 0 saturated heterocycles. The number of rotatable bonds is 5. The molecule has 0 amide bonds. The minimum atomic E-state index is 0. The Morgan fingerprint density at radius 1 is 1.27 bits per heavy atom. The highest BCUT2D eigenvalue weighted by molar-refractivity contribution is 7.38. The second kappa shape index (κ2) is 7.37. The molecule has 1 aliphatic carbocycles. The summed E-state index contributed by atoms with van der Waals surface area (Å²) in [6, 6.07) is 0. The Balaban J connectivity index is 0.000001000. The van der Waals surface area contributed by atoms with Crippen molar-refractivity contribution in [1.82, 2.24) is 0 Å². The molecule has 1 aliphatic rings. The Hall–Kier alpha value is 0.720. The van der Waals surface area contributed by atoms with Crippen LogP contribution >= 0.6 is 21.0 Å². The van der Waals surface area contributed by atoms with E-state index in [1.165, 1.54) is 40.4 Å². The maximum atomic E-state index is 2.28. The summed E-state index contributed by atoms with van der Waals surface area (Å²) in [5.41, 5.74) is 1.16. The maximum Gasteiger partial charge on any atom is -0.0237 e. The highest BCUT2D eigenvalue weighted by atomic mass is 35.5. The van der Waals surface area contributed by atoms with Gasteiger partial charge in [0.25, 0.3) is 0 Å². The van der Waals surface area contributed by atoms with Gasteiger partial charge in [-0.1, -0.05) is 26.2 Å². The first-order valence-electron chi connectivity index (χ1n) is 4.67. The van der Waals surface area contributed by atoms with Crippen molar-refractivity contribution < 1.29 is 0 Å². The van der Waals surface area contributed by atoms with Crippen molar-refractivity contribution in [2.75, 3.05) is 6.16 Å². The molecule has 11 heavy (non-hydrogen) atoms. The smallest absolute Gasteiger partial charge is 0.0237 e.